The van der Waals surface area contributed by atoms with Gasteiger partial charge < -0.3 is 0 Å². The number of anilines is 1. The number of hydrogen-bond donors (Lipinski definition) is 1. The molecule has 0 aliphatic heterocycles. The van der Waals surface area contributed by atoms with Crippen molar-refractivity contribution in [1.29, 1.82) is 5.26 Å². The van der Waals surface area contributed by atoms with Crippen molar-refractivity contribution < 1.29 is 4.79 Å². The van der Waals surface area contributed by atoms with Gasteiger partial charge in [0.05, 0.1) is 31.6 Å². The highest BCUT2D eigenvalue weighted by molar-refractivity contribution is 7.24. The molecular weight excluding hydrogens is 340 g/mol. The van der Waals surface area contributed by atoms with Crippen LogP contribution in [0.15, 0.2) is 36.4 Å². The number of fused-ring (bicyclic) bond motifs is 3. The van der Waals surface area contributed by atoms with E-state index in [2.05, 4.69) is 15.3 Å². The Hall–Kier alpha value is -2.82. The fraction of sp³-hybridized carbons (Fsp3) is 0.0588. The van der Waals surface area contributed by atoms with Crippen LogP contribution in [0, 0.1) is 18.3 Å². The molecule has 0 aliphatic rings. The minimum absolute atomic E-state index is 0.246. The van der Waals surface area contributed by atoms with Crippen molar-refractivity contribution in [3.63, 3.8) is 0 Å². The SMILES string of the molecule is Cc1nc2c(ccc3nc(NC(=O)c4ccc(C#N)cc4)sc32)s1. The lowest BCUT2D eigenvalue weighted by Crippen LogP contribution is -2.11. The van der Waals surface area contributed by atoms with Crippen molar-refractivity contribution in [2.45, 2.75) is 6.92 Å². The third-order valence-corrected chi connectivity index (χ3v) is 5.45. The second kappa shape index (κ2) is 5.67. The zero-order valence-corrected chi connectivity index (χ0v) is 14.2. The van der Waals surface area contributed by atoms with Crippen molar-refractivity contribution in [3.05, 3.63) is 52.5 Å². The Morgan fingerprint density at radius 3 is 2.67 bits per heavy atom. The largest absolute Gasteiger partial charge is 0.298 e. The van der Waals surface area contributed by atoms with Gasteiger partial charge in [0.15, 0.2) is 5.13 Å². The van der Waals surface area contributed by atoms with Gasteiger partial charge in [0.2, 0.25) is 0 Å². The molecule has 0 fully saturated rings. The van der Waals surface area contributed by atoms with Gasteiger partial charge in [0.25, 0.3) is 5.91 Å². The van der Waals surface area contributed by atoms with Crippen LogP contribution in [0.1, 0.15) is 20.9 Å². The van der Waals surface area contributed by atoms with Crippen LogP contribution < -0.4 is 5.32 Å². The molecular formula is C17H10N4OS2. The maximum Gasteiger partial charge on any atom is 0.257 e. The van der Waals surface area contributed by atoms with Gasteiger partial charge in [-0.3, -0.25) is 10.1 Å². The lowest BCUT2D eigenvalue weighted by Gasteiger charge is -2.01. The van der Waals surface area contributed by atoms with Gasteiger partial charge in [-0.05, 0) is 43.3 Å². The van der Waals surface area contributed by atoms with Gasteiger partial charge in [-0.1, -0.05) is 11.3 Å². The Kier molecular flexibility index (Phi) is 3.49. The summed E-state index contributed by atoms with van der Waals surface area (Å²) in [4.78, 5) is 21.3. The molecule has 0 atom stereocenters. The predicted molar refractivity (Wildman–Crippen MR) is 96.6 cm³/mol. The van der Waals surface area contributed by atoms with Crippen LogP contribution in [0.2, 0.25) is 0 Å². The van der Waals surface area contributed by atoms with Crippen molar-refractivity contribution in [1.82, 2.24) is 9.97 Å². The molecule has 2 heterocycles. The zero-order chi connectivity index (χ0) is 16.7. The first-order chi connectivity index (χ1) is 11.6. The fourth-order valence-corrected chi connectivity index (χ4v) is 4.26. The molecule has 0 unspecified atom stereocenters. The molecule has 4 rings (SSSR count). The van der Waals surface area contributed by atoms with Gasteiger partial charge in [-0.25, -0.2) is 9.97 Å². The summed E-state index contributed by atoms with van der Waals surface area (Å²) in [5.41, 5.74) is 2.77. The van der Waals surface area contributed by atoms with Crippen LogP contribution in [0.4, 0.5) is 5.13 Å². The summed E-state index contributed by atoms with van der Waals surface area (Å²) >= 11 is 3.06. The number of nitriles is 1. The average Bonchev–Trinajstić information content (AvgIpc) is 3.16. The number of hydrogen-bond acceptors (Lipinski definition) is 6. The summed E-state index contributed by atoms with van der Waals surface area (Å²) in [6, 6.07) is 12.5. The van der Waals surface area contributed by atoms with Crippen LogP contribution in [-0.4, -0.2) is 15.9 Å². The summed E-state index contributed by atoms with van der Waals surface area (Å²) in [6.07, 6.45) is 0. The smallest absolute Gasteiger partial charge is 0.257 e. The molecule has 0 bridgehead atoms. The van der Waals surface area contributed by atoms with E-state index in [1.165, 1.54) is 11.3 Å². The molecule has 4 aromatic rings. The highest BCUT2D eigenvalue weighted by Crippen LogP contribution is 2.34. The first-order valence-electron chi connectivity index (χ1n) is 7.12. The molecule has 0 radical (unpaired) electrons. The molecule has 2 aromatic carbocycles. The number of rotatable bonds is 2. The Balaban J connectivity index is 1.67. The van der Waals surface area contributed by atoms with Crippen molar-refractivity contribution in [3.8, 4) is 6.07 Å². The number of thiazole rings is 2. The van der Waals surface area contributed by atoms with E-state index < -0.39 is 0 Å². The van der Waals surface area contributed by atoms with E-state index in [4.69, 9.17) is 5.26 Å². The first kappa shape index (κ1) is 14.8. The topological polar surface area (TPSA) is 78.7 Å². The quantitative estimate of drug-likeness (QED) is 0.583. The monoisotopic (exact) mass is 350 g/mol. The first-order valence-corrected chi connectivity index (χ1v) is 8.75. The number of aromatic nitrogens is 2. The Morgan fingerprint density at radius 2 is 1.92 bits per heavy atom. The molecule has 0 spiro atoms. The lowest BCUT2D eigenvalue weighted by molar-refractivity contribution is 0.102. The number of carbonyl (C=O) groups is 1. The van der Waals surface area contributed by atoms with E-state index in [1.807, 2.05) is 25.1 Å². The maximum atomic E-state index is 12.3. The number of nitrogens with one attached hydrogen (secondary N) is 1. The van der Waals surface area contributed by atoms with Gasteiger partial charge in [0.1, 0.15) is 5.52 Å². The van der Waals surface area contributed by atoms with E-state index in [1.54, 1.807) is 35.6 Å². The van der Waals surface area contributed by atoms with E-state index in [9.17, 15) is 4.79 Å². The molecule has 5 nitrogen and oxygen atoms in total. The zero-order valence-electron chi connectivity index (χ0n) is 12.5. The molecule has 116 valence electrons. The summed E-state index contributed by atoms with van der Waals surface area (Å²) in [7, 11) is 0. The molecule has 1 N–H and O–H groups in total. The van der Waals surface area contributed by atoms with Gasteiger partial charge in [0, 0.05) is 5.56 Å². The van der Waals surface area contributed by atoms with Crippen LogP contribution in [0.3, 0.4) is 0 Å². The number of aryl methyl sites for hydroxylation is 1. The average molecular weight is 350 g/mol. The third kappa shape index (κ3) is 2.52. The van der Waals surface area contributed by atoms with E-state index in [0.29, 0.717) is 16.3 Å². The Morgan fingerprint density at radius 1 is 1.12 bits per heavy atom. The highest BCUT2D eigenvalue weighted by Gasteiger charge is 2.13. The number of carbonyl (C=O) groups excluding carboxylic acids is 1. The van der Waals surface area contributed by atoms with Gasteiger partial charge >= 0.3 is 0 Å². The van der Waals surface area contributed by atoms with Crippen molar-refractivity contribution >= 4 is 54.1 Å². The lowest BCUT2D eigenvalue weighted by atomic mass is 10.1. The third-order valence-electron chi connectivity index (χ3n) is 3.52. The molecule has 0 saturated heterocycles. The summed E-state index contributed by atoms with van der Waals surface area (Å²) in [5.74, 6) is -0.246. The van der Waals surface area contributed by atoms with Crippen LogP contribution in [0.25, 0.3) is 20.4 Å². The minimum atomic E-state index is -0.246. The minimum Gasteiger partial charge on any atom is -0.298 e. The van der Waals surface area contributed by atoms with E-state index >= 15 is 0 Å². The molecule has 24 heavy (non-hydrogen) atoms. The Bertz CT molecular complexity index is 1120. The second-order valence-corrected chi connectivity index (χ2v) is 7.39. The summed E-state index contributed by atoms with van der Waals surface area (Å²) < 4.78 is 2.10. The molecule has 0 aliphatic carbocycles. The number of nitrogens with zero attached hydrogens (tertiary/aromatic N) is 3. The molecule has 0 saturated carbocycles. The number of amides is 1. The van der Waals surface area contributed by atoms with Crippen molar-refractivity contribution in [2.24, 2.45) is 0 Å². The van der Waals surface area contributed by atoms with E-state index in [-0.39, 0.29) is 5.91 Å². The maximum absolute atomic E-state index is 12.3. The fourth-order valence-electron chi connectivity index (χ4n) is 2.41. The second-order valence-electron chi connectivity index (χ2n) is 5.16. The van der Waals surface area contributed by atoms with E-state index in [0.717, 1.165) is 25.4 Å². The van der Waals surface area contributed by atoms with Crippen molar-refractivity contribution in [2.75, 3.05) is 5.32 Å². The normalized spacial score (nSPS) is 10.8. The highest BCUT2D eigenvalue weighted by atomic mass is 32.1. The molecule has 2 aromatic heterocycles. The Labute approximate surface area is 145 Å². The summed E-state index contributed by atoms with van der Waals surface area (Å²) in [5, 5.41) is 13.2. The van der Waals surface area contributed by atoms with Crippen LogP contribution >= 0.6 is 22.7 Å². The standard InChI is InChI=1S/C17H10N4OS2/c1-9-19-14-13(23-9)7-6-12-15(14)24-17(20-12)21-16(22)11-4-2-10(8-18)3-5-11/h2-7H,1H3,(H,20,21,22). The molecule has 7 heteroatoms. The van der Waals surface area contributed by atoms with Gasteiger partial charge in [-0.2, -0.15) is 5.26 Å². The number of benzene rings is 2. The summed E-state index contributed by atoms with van der Waals surface area (Å²) in [6.45, 7) is 1.98. The molecule has 1 amide bonds. The predicted octanol–water partition coefficient (Wildman–Crippen LogP) is 4.34. The van der Waals surface area contributed by atoms with Gasteiger partial charge in [-0.15, -0.1) is 11.3 Å². The van der Waals surface area contributed by atoms with Crippen LogP contribution in [-0.2, 0) is 0 Å². The van der Waals surface area contributed by atoms with Crippen LogP contribution in [0.5, 0.6) is 0 Å².